The number of ether oxygens (including phenoxy) is 1. The summed E-state index contributed by atoms with van der Waals surface area (Å²) < 4.78 is 10.4. The van der Waals surface area contributed by atoms with Gasteiger partial charge < -0.3 is 14.5 Å². The van der Waals surface area contributed by atoms with E-state index >= 15 is 0 Å². The maximum atomic E-state index is 12.1. The van der Waals surface area contributed by atoms with Gasteiger partial charge in [-0.3, -0.25) is 9.59 Å². The highest BCUT2D eigenvalue weighted by molar-refractivity contribution is 5.85. The Morgan fingerprint density at radius 2 is 2.08 bits per heavy atom. The fraction of sp³-hybridized carbons (Fsp3) is 0.316. The van der Waals surface area contributed by atoms with E-state index in [0.29, 0.717) is 30.2 Å². The first-order valence-electron chi connectivity index (χ1n) is 7.94. The van der Waals surface area contributed by atoms with Crippen molar-refractivity contribution in [1.29, 1.82) is 0 Å². The quantitative estimate of drug-likeness (QED) is 0.663. The van der Waals surface area contributed by atoms with Crippen molar-refractivity contribution in [3.8, 4) is 0 Å². The zero-order chi connectivity index (χ0) is 18.4. The van der Waals surface area contributed by atoms with Gasteiger partial charge in [0.05, 0.1) is 10.9 Å². The number of carbonyl (C=O) groups is 2. The standard InChI is InChI=1S/C19H21NO5/c1-19(2,3)25-18(23)20-9-5-4-6-13-7-8-16-15(10-13)17(22)14(11-21)12-24-16/h4,6-8,10-12H,5,9H2,1-3H3,(H,20,23). The number of alkyl carbamates (subject to hydrolysis) is 1. The molecular weight excluding hydrogens is 322 g/mol. The van der Waals surface area contributed by atoms with Crippen LogP contribution in [0.25, 0.3) is 17.0 Å². The molecule has 0 saturated carbocycles. The Labute approximate surface area is 145 Å². The first kappa shape index (κ1) is 18.4. The van der Waals surface area contributed by atoms with E-state index in [-0.39, 0.29) is 11.0 Å². The molecule has 1 N–H and O–H groups in total. The third-order valence-electron chi connectivity index (χ3n) is 3.24. The van der Waals surface area contributed by atoms with Crippen LogP contribution in [0.5, 0.6) is 0 Å². The molecule has 2 aromatic rings. The summed E-state index contributed by atoms with van der Waals surface area (Å²) in [5, 5.41) is 3.02. The van der Waals surface area contributed by atoms with E-state index in [2.05, 4.69) is 5.32 Å². The first-order chi connectivity index (χ1) is 11.8. The number of fused-ring (bicyclic) bond motifs is 1. The molecule has 2 rings (SSSR count). The van der Waals surface area contributed by atoms with Crippen molar-refractivity contribution >= 4 is 29.4 Å². The minimum absolute atomic E-state index is 0.00445. The van der Waals surface area contributed by atoms with Crippen LogP contribution >= 0.6 is 0 Å². The van der Waals surface area contributed by atoms with Crippen molar-refractivity contribution in [1.82, 2.24) is 5.32 Å². The van der Waals surface area contributed by atoms with E-state index in [1.54, 1.807) is 32.9 Å². The number of benzene rings is 1. The largest absolute Gasteiger partial charge is 0.463 e. The van der Waals surface area contributed by atoms with E-state index in [1.165, 1.54) is 0 Å². The Morgan fingerprint density at radius 3 is 2.76 bits per heavy atom. The molecule has 6 nitrogen and oxygen atoms in total. The lowest BCUT2D eigenvalue weighted by Crippen LogP contribution is -2.32. The zero-order valence-electron chi connectivity index (χ0n) is 14.5. The molecular formula is C19H21NO5. The van der Waals surface area contributed by atoms with Crippen LogP contribution in [0.3, 0.4) is 0 Å². The molecule has 0 radical (unpaired) electrons. The van der Waals surface area contributed by atoms with E-state index in [1.807, 2.05) is 18.2 Å². The van der Waals surface area contributed by atoms with Crippen molar-refractivity contribution in [3.05, 3.63) is 51.9 Å². The molecule has 6 heteroatoms. The van der Waals surface area contributed by atoms with Crippen LogP contribution in [0.15, 0.2) is 39.7 Å². The topological polar surface area (TPSA) is 85.6 Å². The highest BCUT2D eigenvalue weighted by Crippen LogP contribution is 2.14. The van der Waals surface area contributed by atoms with Gasteiger partial charge in [0.1, 0.15) is 17.4 Å². The van der Waals surface area contributed by atoms with Crippen molar-refractivity contribution in [2.75, 3.05) is 6.54 Å². The second-order valence-corrected chi connectivity index (χ2v) is 6.51. The molecule has 1 aromatic heterocycles. The lowest BCUT2D eigenvalue weighted by molar-refractivity contribution is 0.0528. The van der Waals surface area contributed by atoms with Crippen LogP contribution in [0.4, 0.5) is 4.79 Å². The maximum Gasteiger partial charge on any atom is 0.407 e. The fourth-order valence-electron chi connectivity index (χ4n) is 2.14. The van der Waals surface area contributed by atoms with Gasteiger partial charge in [-0.2, -0.15) is 0 Å². The average molecular weight is 343 g/mol. The second kappa shape index (κ2) is 7.79. The van der Waals surface area contributed by atoms with Gasteiger partial charge in [0, 0.05) is 6.54 Å². The van der Waals surface area contributed by atoms with Crippen LogP contribution in [-0.2, 0) is 4.74 Å². The average Bonchev–Trinajstić information content (AvgIpc) is 2.53. The van der Waals surface area contributed by atoms with Gasteiger partial charge in [0.2, 0.25) is 5.43 Å². The van der Waals surface area contributed by atoms with Crippen molar-refractivity contribution in [2.24, 2.45) is 0 Å². The molecule has 132 valence electrons. The van der Waals surface area contributed by atoms with E-state index < -0.39 is 11.7 Å². The summed E-state index contributed by atoms with van der Waals surface area (Å²) in [5.41, 5.74) is 0.361. The van der Waals surface area contributed by atoms with Gasteiger partial charge in [-0.05, 0) is 44.9 Å². The molecule has 25 heavy (non-hydrogen) atoms. The Morgan fingerprint density at radius 1 is 1.32 bits per heavy atom. The molecule has 0 atom stereocenters. The van der Waals surface area contributed by atoms with Gasteiger partial charge >= 0.3 is 6.09 Å². The second-order valence-electron chi connectivity index (χ2n) is 6.51. The summed E-state index contributed by atoms with van der Waals surface area (Å²) in [7, 11) is 0. The minimum atomic E-state index is -0.521. The third-order valence-corrected chi connectivity index (χ3v) is 3.24. The van der Waals surface area contributed by atoms with Crippen LogP contribution in [-0.4, -0.2) is 24.5 Å². The van der Waals surface area contributed by atoms with Crippen LogP contribution in [0, 0.1) is 0 Å². The zero-order valence-corrected chi connectivity index (χ0v) is 14.5. The van der Waals surface area contributed by atoms with E-state index in [9.17, 15) is 14.4 Å². The molecule has 0 bridgehead atoms. The molecule has 0 aliphatic carbocycles. The van der Waals surface area contributed by atoms with Crippen molar-refractivity contribution < 1.29 is 18.7 Å². The van der Waals surface area contributed by atoms with Gasteiger partial charge in [-0.25, -0.2) is 4.79 Å². The smallest absolute Gasteiger partial charge is 0.407 e. The normalized spacial score (nSPS) is 11.6. The molecule has 0 aliphatic rings. The summed E-state index contributed by atoms with van der Waals surface area (Å²) in [6, 6.07) is 5.17. The minimum Gasteiger partial charge on any atom is -0.463 e. The number of aldehydes is 1. The van der Waals surface area contributed by atoms with Gasteiger partial charge in [-0.15, -0.1) is 0 Å². The maximum absolute atomic E-state index is 12.1. The van der Waals surface area contributed by atoms with E-state index in [4.69, 9.17) is 9.15 Å². The van der Waals surface area contributed by atoms with E-state index in [0.717, 1.165) is 11.8 Å². The van der Waals surface area contributed by atoms with Crippen LogP contribution in [0.2, 0.25) is 0 Å². The number of rotatable bonds is 5. The van der Waals surface area contributed by atoms with Gasteiger partial charge in [0.25, 0.3) is 0 Å². The van der Waals surface area contributed by atoms with Crippen molar-refractivity contribution in [2.45, 2.75) is 32.8 Å². The molecule has 0 spiro atoms. The number of hydrogen-bond donors (Lipinski definition) is 1. The number of nitrogens with one attached hydrogen (secondary N) is 1. The summed E-state index contributed by atoms with van der Waals surface area (Å²) in [6.45, 7) is 5.85. The Balaban J connectivity index is 1.97. The predicted octanol–water partition coefficient (Wildman–Crippen LogP) is 3.53. The molecule has 1 aromatic carbocycles. The molecule has 1 heterocycles. The SMILES string of the molecule is CC(C)(C)OC(=O)NCCC=Cc1ccc2occ(C=O)c(=O)c2c1. The van der Waals surface area contributed by atoms with Crippen molar-refractivity contribution in [3.63, 3.8) is 0 Å². The van der Waals surface area contributed by atoms with Gasteiger partial charge in [-0.1, -0.05) is 18.2 Å². The highest BCUT2D eigenvalue weighted by atomic mass is 16.6. The molecule has 0 fully saturated rings. The highest BCUT2D eigenvalue weighted by Gasteiger charge is 2.15. The number of carbonyl (C=O) groups excluding carboxylic acids is 2. The molecule has 1 amide bonds. The van der Waals surface area contributed by atoms with Crippen LogP contribution < -0.4 is 10.7 Å². The Kier molecular flexibility index (Phi) is 5.75. The summed E-state index contributed by atoms with van der Waals surface area (Å²) >= 11 is 0. The Bertz CT molecular complexity index is 858. The molecule has 0 aliphatic heterocycles. The lowest BCUT2D eigenvalue weighted by Gasteiger charge is -2.19. The van der Waals surface area contributed by atoms with Crippen LogP contribution in [0.1, 0.15) is 43.1 Å². The monoisotopic (exact) mass is 343 g/mol. The summed E-state index contributed by atoms with van der Waals surface area (Å²) in [4.78, 5) is 34.4. The van der Waals surface area contributed by atoms with Gasteiger partial charge in [0.15, 0.2) is 6.29 Å². The molecule has 0 saturated heterocycles. The molecule has 0 unspecified atom stereocenters. The number of amides is 1. The summed E-state index contributed by atoms with van der Waals surface area (Å²) in [5.74, 6) is 0. The third kappa shape index (κ3) is 5.31. The lowest BCUT2D eigenvalue weighted by atomic mass is 10.1. The predicted molar refractivity (Wildman–Crippen MR) is 95.8 cm³/mol. The Hall–Kier alpha value is -2.89. The number of hydrogen-bond acceptors (Lipinski definition) is 5. The first-order valence-corrected chi connectivity index (χ1v) is 7.94. The summed E-state index contributed by atoms with van der Waals surface area (Å²) in [6.07, 6.45) is 5.52. The fourth-order valence-corrected chi connectivity index (χ4v) is 2.14.